The van der Waals surface area contributed by atoms with E-state index >= 15 is 0 Å². The number of phenols is 1. The second-order valence-electron chi connectivity index (χ2n) is 6.76. The van der Waals surface area contributed by atoms with Crippen LogP contribution in [0.4, 0.5) is 11.4 Å². The van der Waals surface area contributed by atoms with Gasteiger partial charge < -0.3 is 21.3 Å². The Kier molecular flexibility index (Phi) is 4.79. The summed E-state index contributed by atoms with van der Waals surface area (Å²) in [7, 11) is 1.53. The molecule has 0 spiro atoms. The van der Waals surface area contributed by atoms with Crippen molar-refractivity contribution in [2.45, 2.75) is 0 Å². The molecule has 29 heavy (non-hydrogen) atoms. The summed E-state index contributed by atoms with van der Waals surface area (Å²) >= 11 is 0. The van der Waals surface area contributed by atoms with Crippen molar-refractivity contribution in [2.75, 3.05) is 18.6 Å². The number of hydrogen-bond donors (Lipinski definition) is 3. The van der Waals surface area contributed by atoms with Crippen LogP contribution in [0.15, 0.2) is 78.9 Å². The molecule has 4 rings (SSSR count). The maximum atomic E-state index is 9.94. The average molecular weight is 383 g/mol. The van der Waals surface area contributed by atoms with E-state index in [2.05, 4.69) is 0 Å². The number of nitrogens with zero attached hydrogens (tertiary/aromatic N) is 1. The molecule has 0 atom stereocenters. The molecule has 5 N–H and O–H groups in total. The number of hydrogen-bond acceptors (Lipinski definition) is 5. The zero-order chi connectivity index (χ0) is 20.4. The molecule has 4 aromatic rings. The van der Waals surface area contributed by atoms with E-state index in [0.29, 0.717) is 17.1 Å². The number of nitrogens with two attached hydrogens (primary N) is 2. The van der Waals surface area contributed by atoms with Gasteiger partial charge in [0.05, 0.1) is 18.5 Å². The highest BCUT2D eigenvalue weighted by Gasteiger charge is 2.11. The van der Waals surface area contributed by atoms with Crippen molar-refractivity contribution in [3.63, 3.8) is 0 Å². The predicted molar refractivity (Wildman–Crippen MR) is 118 cm³/mol. The van der Waals surface area contributed by atoms with Crippen LogP contribution < -0.4 is 16.2 Å². The van der Waals surface area contributed by atoms with Gasteiger partial charge in [0.2, 0.25) is 0 Å². The molecule has 3 aromatic carbocycles. The fraction of sp³-hybridized carbons (Fsp3) is 0.0417. The lowest BCUT2D eigenvalue weighted by molar-refractivity contribution is 0.373. The minimum Gasteiger partial charge on any atom is -0.504 e. The summed E-state index contributed by atoms with van der Waals surface area (Å²) in [5.74, 6) is 0.519. The molecule has 144 valence electrons. The molecule has 1 aromatic heterocycles. The van der Waals surface area contributed by atoms with Crippen molar-refractivity contribution in [1.82, 2.24) is 4.98 Å². The lowest BCUT2D eigenvalue weighted by Crippen LogP contribution is -1.93. The number of benzene rings is 3. The maximum absolute atomic E-state index is 9.94. The van der Waals surface area contributed by atoms with Gasteiger partial charge in [0.1, 0.15) is 0 Å². The van der Waals surface area contributed by atoms with E-state index in [1.807, 2.05) is 72.8 Å². The fourth-order valence-corrected chi connectivity index (χ4v) is 3.16. The molecule has 0 aliphatic carbocycles. The number of aromatic nitrogens is 1. The highest BCUT2D eigenvalue weighted by Crippen LogP contribution is 2.35. The monoisotopic (exact) mass is 383 g/mol. The molecule has 0 unspecified atom stereocenters. The van der Waals surface area contributed by atoms with Crippen LogP contribution in [0.5, 0.6) is 11.5 Å². The van der Waals surface area contributed by atoms with E-state index in [0.717, 1.165) is 33.6 Å². The van der Waals surface area contributed by atoms with E-state index < -0.39 is 0 Å². The Hall–Kier alpha value is -3.99. The van der Waals surface area contributed by atoms with E-state index in [1.165, 1.54) is 7.11 Å². The first-order valence-corrected chi connectivity index (χ1v) is 9.15. The van der Waals surface area contributed by atoms with Crippen molar-refractivity contribution in [3.8, 4) is 45.1 Å². The minimum atomic E-state index is 0.0998. The summed E-state index contributed by atoms with van der Waals surface area (Å²) in [4.78, 5) is 4.86. The van der Waals surface area contributed by atoms with Gasteiger partial charge in [-0.1, -0.05) is 30.3 Å². The van der Waals surface area contributed by atoms with Crippen molar-refractivity contribution < 1.29 is 9.84 Å². The number of ether oxygens (including phenoxy) is 1. The molecule has 0 radical (unpaired) electrons. The van der Waals surface area contributed by atoms with E-state index in [-0.39, 0.29) is 5.75 Å². The largest absolute Gasteiger partial charge is 0.504 e. The third kappa shape index (κ3) is 3.84. The van der Waals surface area contributed by atoms with Crippen LogP contribution in [-0.2, 0) is 0 Å². The second-order valence-corrected chi connectivity index (χ2v) is 6.76. The van der Waals surface area contributed by atoms with Gasteiger partial charge in [-0.15, -0.1) is 0 Å². The summed E-state index contributed by atoms with van der Waals surface area (Å²) in [6.07, 6.45) is 0. The zero-order valence-electron chi connectivity index (χ0n) is 16.0. The molecular formula is C24H21N3O2. The molecule has 0 aliphatic heterocycles. The van der Waals surface area contributed by atoms with E-state index in [9.17, 15) is 5.11 Å². The Morgan fingerprint density at radius 1 is 0.655 bits per heavy atom. The van der Waals surface area contributed by atoms with Crippen LogP contribution in [0.25, 0.3) is 33.6 Å². The Morgan fingerprint density at radius 2 is 1.14 bits per heavy atom. The smallest absolute Gasteiger partial charge is 0.161 e. The third-order valence-electron chi connectivity index (χ3n) is 4.75. The lowest BCUT2D eigenvalue weighted by Gasteiger charge is -2.12. The van der Waals surface area contributed by atoms with Crippen molar-refractivity contribution in [1.29, 1.82) is 0 Å². The molecule has 1 heterocycles. The summed E-state index contributed by atoms with van der Waals surface area (Å²) in [6, 6.07) is 24.5. The van der Waals surface area contributed by atoms with Crippen LogP contribution in [0, 0.1) is 0 Å². The Balaban J connectivity index is 1.90. The number of methoxy groups -OCH3 is 1. The SMILES string of the molecule is COc1cc(-c2cc(-c3ccc(N)cc3)nc(-c3ccc(N)cc3)c2)ccc1O. The first-order chi connectivity index (χ1) is 14.0. The molecule has 0 amide bonds. The van der Waals surface area contributed by atoms with Crippen LogP contribution in [0.3, 0.4) is 0 Å². The Labute approximate surface area is 169 Å². The van der Waals surface area contributed by atoms with Gasteiger partial charge in [-0.3, -0.25) is 0 Å². The van der Waals surface area contributed by atoms with Gasteiger partial charge in [-0.25, -0.2) is 4.98 Å². The number of aromatic hydroxyl groups is 1. The summed E-state index contributed by atoms with van der Waals surface area (Å²) in [5.41, 5.74) is 18.5. The van der Waals surface area contributed by atoms with Crippen LogP contribution in [-0.4, -0.2) is 17.2 Å². The Bertz CT molecular complexity index is 1090. The normalized spacial score (nSPS) is 10.7. The van der Waals surface area contributed by atoms with Crippen molar-refractivity contribution >= 4 is 11.4 Å². The minimum absolute atomic E-state index is 0.0998. The molecule has 0 bridgehead atoms. The van der Waals surface area contributed by atoms with E-state index in [4.69, 9.17) is 21.2 Å². The molecular weight excluding hydrogens is 362 g/mol. The van der Waals surface area contributed by atoms with Gasteiger partial charge in [-0.05, 0) is 59.7 Å². The van der Waals surface area contributed by atoms with Gasteiger partial charge in [0.25, 0.3) is 0 Å². The first-order valence-electron chi connectivity index (χ1n) is 9.15. The first kappa shape index (κ1) is 18.4. The van der Waals surface area contributed by atoms with Crippen molar-refractivity contribution in [3.05, 3.63) is 78.9 Å². The van der Waals surface area contributed by atoms with Crippen LogP contribution >= 0.6 is 0 Å². The number of rotatable bonds is 4. The van der Waals surface area contributed by atoms with Crippen molar-refractivity contribution in [2.24, 2.45) is 0 Å². The lowest BCUT2D eigenvalue weighted by atomic mass is 9.99. The Morgan fingerprint density at radius 3 is 1.62 bits per heavy atom. The maximum Gasteiger partial charge on any atom is 0.161 e. The van der Waals surface area contributed by atoms with Crippen LogP contribution in [0.1, 0.15) is 0 Å². The number of pyridine rings is 1. The number of anilines is 2. The van der Waals surface area contributed by atoms with Gasteiger partial charge in [-0.2, -0.15) is 0 Å². The predicted octanol–water partition coefficient (Wildman–Crippen LogP) is 4.96. The standard InChI is InChI=1S/C24H21N3O2/c1-29-24-14-17(6-11-23(24)28)18-12-21(15-2-7-19(25)8-3-15)27-22(13-18)16-4-9-20(26)10-5-16/h2-14,28H,25-26H2,1H3. The highest BCUT2D eigenvalue weighted by atomic mass is 16.5. The molecule has 5 nitrogen and oxygen atoms in total. The summed E-state index contributed by atoms with van der Waals surface area (Å²) < 4.78 is 5.27. The number of nitrogen functional groups attached to an aromatic ring is 2. The average Bonchev–Trinajstić information content (AvgIpc) is 2.75. The fourth-order valence-electron chi connectivity index (χ4n) is 3.16. The second kappa shape index (κ2) is 7.56. The molecule has 0 saturated carbocycles. The topological polar surface area (TPSA) is 94.4 Å². The highest BCUT2D eigenvalue weighted by molar-refractivity contribution is 5.78. The number of phenolic OH excluding ortho intramolecular Hbond substituents is 1. The molecule has 0 saturated heterocycles. The van der Waals surface area contributed by atoms with Gasteiger partial charge >= 0.3 is 0 Å². The third-order valence-corrected chi connectivity index (χ3v) is 4.75. The quantitative estimate of drug-likeness (QED) is 0.433. The summed E-state index contributed by atoms with van der Waals surface area (Å²) in [5, 5.41) is 9.94. The van der Waals surface area contributed by atoms with E-state index in [1.54, 1.807) is 6.07 Å². The molecule has 0 fully saturated rings. The van der Waals surface area contributed by atoms with Crippen LogP contribution in [0.2, 0.25) is 0 Å². The summed E-state index contributed by atoms with van der Waals surface area (Å²) in [6.45, 7) is 0. The van der Waals surface area contributed by atoms with Gasteiger partial charge in [0.15, 0.2) is 11.5 Å². The molecule has 0 aliphatic rings. The zero-order valence-corrected chi connectivity index (χ0v) is 16.0. The molecule has 5 heteroatoms. The van der Waals surface area contributed by atoms with Gasteiger partial charge in [0, 0.05) is 22.5 Å².